The smallest absolute Gasteiger partial charge is 0.246 e. The van der Waals surface area contributed by atoms with Gasteiger partial charge in [-0.15, -0.1) is 0 Å². The van der Waals surface area contributed by atoms with Gasteiger partial charge in [0.15, 0.2) is 0 Å². The summed E-state index contributed by atoms with van der Waals surface area (Å²) in [5, 5.41) is 2.97. The Labute approximate surface area is 203 Å². The second-order valence-electron chi connectivity index (χ2n) is 8.62. The zero-order valence-electron chi connectivity index (χ0n) is 18.8. The number of amides is 1. The summed E-state index contributed by atoms with van der Waals surface area (Å²) in [4.78, 5) is 17.8. The van der Waals surface area contributed by atoms with Gasteiger partial charge in [0.2, 0.25) is 15.9 Å². The molecule has 11 heteroatoms. The van der Waals surface area contributed by atoms with Crippen LogP contribution in [0.3, 0.4) is 0 Å². The lowest BCUT2D eigenvalue weighted by Gasteiger charge is -2.36. The third kappa shape index (κ3) is 4.65. The number of carbonyl (C=O) groups excluding carboxylic acids is 1. The van der Waals surface area contributed by atoms with Crippen molar-refractivity contribution in [1.29, 1.82) is 0 Å². The Morgan fingerprint density at radius 3 is 2.59 bits per heavy atom. The molecule has 2 saturated heterocycles. The largest absolute Gasteiger partial charge is 0.369 e. The standard InChI is InChI=1S/C23H28N6O3S2/c30-23(24-11-13-27-14-16-28(17-15-27)18-6-2-1-3-7-18)20-9-5-12-29(20)34(31,32)21-10-4-8-19-22(21)26-33-25-19/h1-4,6-8,10,20H,5,9,11-17H2,(H,24,30)/t20-/m1/s1. The van der Waals surface area contributed by atoms with E-state index in [1.165, 1.54) is 9.99 Å². The highest BCUT2D eigenvalue weighted by Gasteiger charge is 2.40. The molecule has 2 aliphatic heterocycles. The fraction of sp³-hybridized carbons (Fsp3) is 0.435. The van der Waals surface area contributed by atoms with Gasteiger partial charge in [-0.05, 0) is 37.1 Å². The first-order valence-corrected chi connectivity index (χ1v) is 13.7. The zero-order valence-corrected chi connectivity index (χ0v) is 20.5. The van der Waals surface area contributed by atoms with E-state index in [1.54, 1.807) is 18.2 Å². The molecule has 0 bridgehead atoms. The third-order valence-electron chi connectivity index (χ3n) is 6.56. The van der Waals surface area contributed by atoms with Crippen molar-refractivity contribution in [2.75, 3.05) is 50.7 Å². The van der Waals surface area contributed by atoms with Gasteiger partial charge in [0.1, 0.15) is 22.0 Å². The highest BCUT2D eigenvalue weighted by molar-refractivity contribution is 7.89. The van der Waals surface area contributed by atoms with Crippen LogP contribution in [0, 0.1) is 0 Å². The molecule has 3 heterocycles. The van der Waals surface area contributed by atoms with E-state index in [-0.39, 0.29) is 10.8 Å². The topological polar surface area (TPSA) is 98.7 Å². The van der Waals surface area contributed by atoms with Crippen LogP contribution in [0.15, 0.2) is 53.4 Å². The van der Waals surface area contributed by atoms with Gasteiger partial charge in [-0.1, -0.05) is 24.3 Å². The zero-order chi connectivity index (χ0) is 23.5. The lowest BCUT2D eigenvalue weighted by atomic mass is 10.2. The van der Waals surface area contributed by atoms with Crippen LogP contribution in [0.25, 0.3) is 11.0 Å². The summed E-state index contributed by atoms with van der Waals surface area (Å²) in [6.45, 7) is 5.33. The lowest BCUT2D eigenvalue weighted by Crippen LogP contribution is -2.50. The molecule has 1 aromatic heterocycles. The Morgan fingerprint density at radius 1 is 1.00 bits per heavy atom. The number of aromatic nitrogens is 2. The summed E-state index contributed by atoms with van der Waals surface area (Å²) in [7, 11) is -3.85. The molecule has 5 rings (SSSR count). The molecule has 180 valence electrons. The van der Waals surface area contributed by atoms with Crippen LogP contribution in [0.1, 0.15) is 12.8 Å². The van der Waals surface area contributed by atoms with Gasteiger partial charge in [-0.25, -0.2) is 8.42 Å². The number of hydrogen-bond donors (Lipinski definition) is 1. The molecule has 1 atom stereocenters. The number of benzene rings is 2. The lowest BCUT2D eigenvalue weighted by molar-refractivity contribution is -0.124. The van der Waals surface area contributed by atoms with Crippen LogP contribution in [0.2, 0.25) is 0 Å². The summed E-state index contributed by atoms with van der Waals surface area (Å²) in [6, 6.07) is 14.6. The van der Waals surface area contributed by atoms with Crippen LogP contribution in [-0.2, 0) is 14.8 Å². The number of sulfonamides is 1. The number of rotatable bonds is 7. The molecular weight excluding hydrogens is 472 g/mol. The van der Waals surface area contributed by atoms with Crippen LogP contribution >= 0.6 is 11.7 Å². The first-order valence-electron chi connectivity index (χ1n) is 11.6. The molecular formula is C23H28N6O3S2. The number of fused-ring (bicyclic) bond motifs is 1. The summed E-state index contributed by atoms with van der Waals surface area (Å²) >= 11 is 0.986. The average molecular weight is 501 g/mol. The highest BCUT2D eigenvalue weighted by atomic mass is 32.2. The van der Waals surface area contributed by atoms with E-state index in [9.17, 15) is 13.2 Å². The third-order valence-corrected chi connectivity index (χ3v) is 9.05. The van der Waals surface area contributed by atoms with Crippen molar-refractivity contribution in [3.63, 3.8) is 0 Å². The maximum Gasteiger partial charge on any atom is 0.246 e. The van der Waals surface area contributed by atoms with E-state index in [2.05, 4.69) is 48.1 Å². The number of carbonyl (C=O) groups is 1. The van der Waals surface area contributed by atoms with E-state index in [1.807, 2.05) is 6.07 Å². The molecule has 2 aromatic carbocycles. The van der Waals surface area contributed by atoms with E-state index < -0.39 is 16.1 Å². The van der Waals surface area contributed by atoms with Crippen LogP contribution in [-0.4, -0.2) is 84.1 Å². The minimum absolute atomic E-state index is 0.120. The molecule has 3 aromatic rings. The molecule has 2 fully saturated rings. The Morgan fingerprint density at radius 2 is 1.79 bits per heavy atom. The number of hydrogen-bond acceptors (Lipinski definition) is 8. The average Bonchev–Trinajstić information content (AvgIpc) is 3.55. The molecule has 1 N–H and O–H groups in total. The number of nitrogens with zero attached hydrogens (tertiary/aromatic N) is 5. The predicted molar refractivity (Wildman–Crippen MR) is 132 cm³/mol. The van der Waals surface area contributed by atoms with Gasteiger partial charge in [0.05, 0.1) is 11.7 Å². The summed E-state index contributed by atoms with van der Waals surface area (Å²) < 4.78 is 36.4. The first kappa shape index (κ1) is 23.2. The van der Waals surface area contributed by atoms with Crippen molar-refractivity contribution in [3.05, 3.63) is 48.5 Å². The quantitative estimate of drug-likeness (QED) is 0.528. The molecule has 1 amide bonds. The Balaban J connectivity index is 1.16. The van der Waals surface area contributed by atoms with Crippen LogP contribution < -0.4 is 10.2 Å². The molecule has 0 spiro atoms. The van der Waals surface area contributed by atoms with Gasteiger partial charge in [-0.2, -0.15) is 13.1 Å². The monoisotopic (exact) mass is 500 g/mol. The summed E-state index contributed by atoms with van der Waals surface area (Å²) in [5.41, 5.74) is 2.16. The molecule has 0 unspecified atom stereocenters. The number of para-hydroxylation sites is 1. The van der Waals surface area contributed by atoms with E-state index >= 15 is 0 Å². The predicted octanol–water partition coefficient (Wildman–Crippen LogP) is 1.78. The molecule has 9 nitrogen and oxygen atoms in total. The molecule has 0 radical (unpaired) electrons. The SMILES string of the molecule is O=C(NCCN1CCN(c2ccccc2)CC1)[C@H]1CCCN1S(=O)(=O)c1cccc2nsnc12. The molecule has 2 aliphatic rings. The number of anilines is 1. The van der Waals surface area contributed by atoms with Crippen molar-refractivity contribution in [3.8, 4) is 0 Å². The second-order valence-corrected chi connectivity index (χ2v) is 11.0. The van der Waals surface area contributed by atoms with E-state index in [0.29, 0.717) is 37.0 Å². The van der Waals surface area contributed by atoms with Gasteiger partial charge in [0.25, 0.3) is 0 Å². The summed E-state index contributed by atoms with van der Waals surface area (Å²) in [5.74, 6) is -0.229. The molecule has 0 aliphatic carbocycles. The minimum atomic E-state index is -3.85. The van der Waals surface area contributed by atoms with Gasteiger partial charge >= 0.3 is 0 Å². The fourth-order valence-corrected chi connectivity index (χ4v) is 7.14. The van der Waals surface area contributed by atoms with E-state index in [0.717, 1.165) is 44.5 Å². The van der Waals surface area contributed by atoms with Gasteiger partial charge in [0, 0.05) is 51.5 Å². The van der Waals surface area contributed by atoms with Crippen molar-refractivity contribution < 1.29 is 13.2 Å². The van der Waals surface area contributed by atoms with Crippen LogP contribution in [0.4, 0.5) is 5.69 Å². The Kier molecular flexibility index (Phi) is 6.77. The van der Waals surface area contributed by atoms with Gasteiger partial charge < -0.3 is 10.2 Å². The van der Waals surface area contributed by atoms with Gasteiger partial charge in [-0.3, -0.25) is 9.69 Å². The maximum atomic E-state index is 13.4. The number of nitrogens with one attached hydrogen (secondary N) is 1. The number of piperazine rings is 1. The highest BCUT2D eigenvalue weighted by Crippen LogP contribution is 2.30. The Bertz CT molecular complexity index is 1240. The summed E-state index contributed by atoms with van der Waals surface area (Å²) in [6.07, 6.45) is 1.18. The van der Waals surface area contributed by atoms with Crippen molar-refractivity contribution in [2.45, 2.75) is 23.8 Å². The van der Waals surface area contributed by atoms with Crippen molar-refractivity contribution in [2.24, 2.45) is 0 Å². The normalized spacial score (nSPS) is 20.1. The first-order chi connectivity index (χ1) is 16.5. The Hall–Kier alpha value is -2.60. The van der Waals surface area contributed by atoms with E-state index in [4.69, 9.17) is 0 Å². The van der Waals surface area contributed by atoms with Crippen molar-refractivity contribution >= 4 is 44.4 Å². The minimum Gasteiger partial charge on any atom is -0.369 e. The van der Waals surface area contributed by atoms with Crippen LogP contribution in [0.5, 0.6) is 0 Å². The second kappa shape index (κ2) is 9.95. The van der Waals surface area contributed by atoms with Crippen molar-refractivity contribution in [1.82, 2.24) is 23.3 Å². The molecule has 34 heavy (non-hydrogen) atoms. The maximum absolute atomic E-state index is 13.4. The fourth-order valence-electron chi connectivity index (χ4n) is 4.73. The molecule has 0 saturated carbocycles.